The fourth-order valence-corrected chi connectivity index (χ4v) is 2.44. The van der Waals surface area contributed by atoms with Crippen LogP contribution in [0.15, 0.2) is 0 Å². The number of carbonyl (C=O) groups is 2. The maximum Gasteiger partial charge on any atom is 0.285 e. The van der Waals surface area contributed by atoms with Crippen molar-refractivity contribution in [1.82, 2.24) is 20.4 Å². The summed E-state index contributed by atoms with van der Waals surface area (Å²) in [4.78, 5) is 25.4. The van der Waals surface area contributed by atoms with Crippen LogP contribution in [-0.2, 0) is 4.79 Å². The van der Waals surface area contributed by atoms with Crippen molar-refractivity contribution < 1.29 is 9.59 Å². The quantitative estimate of drug-likeness (QED) is 0.811. The van der Waals surface area contributed by atoms with Crippen LogP contribution in [0.3, 0.4) is 0 Å². The number of halogens is 1. The second kappa shape index (κ2) is 4.23. The van der Waals surface area contributed by atoms with Crippen LogP contribution in [0.1, 0.15) is 23.6 Å². The van der Waals surface area contributed by atoms with Crippen molar-refractivity contribution in [2.45, 2.75) is 19.4 Å². The van der Waals surface area contributed by atoms with Gasteiger partial charge in [-0.1, -0.05) is 11.3 Å². The normalized spacial score (nSPS) is 19.0. The molecule has 2 amide bonds. The Labute approximate surface area is 107 Å². The first kappa shape index (κ1) is 12.3. The minimum absolute atomic E-state index is 0.173. The number of nitrogens with zero attached hydrogens (tertiary/aromatic N) is 3. The van der Waals surface area contributed by atoms with Crippen LogP contribution < -0.4 is 5.32 Å². The second-order valence-corrected chi connectivity index (χ2v) is 5.69. The summed E-state index contributed by atoms with van der Waals surface area (Å²) in [6.07, 6.45) is 0. The molecule has 0 saturated carbocycles. The van der Waals surface area contributed by atoms with E-state index in [4.69, 9.17) is 11.6 Å². The van der Waals surface area contributed by atoms with Crippen molar-refractivity contribution in [3.63, 3.8) is 0 Å². The Morgan fingerprint density at radius 2 is 2.24 bits per heavy atom. The Kier molecular flexibility index (Phi) is 3.05. The van der Waals surface area contributed by atoms with Gasteiger partial charge in [0.2, 0.25) is 15.4 Å². The number of piperazine rings is 1. The SMILES string of the molecule is CC1(C)C(=O)NCCN1C(=O)c1nnc(Cl)s1. The van der Waals surface area contributed by atoms with Crippen molar-refractivity contribution in [3.05, 3.63) is 9.47 Å². The second-order valence-electron chi connectivity index (χ2n) is 4.13. The summed E-state index contributed by atoms with van der Waals surface area (Å²) in [7, 11) is 0. The molecule has 8 heteroatoms. The highest BCUT2D eigenvalue weighted by atomic mass is 35.5. The Balaban J connectivity index is 2.27. The molecule has 0 aliphatic carbocycles. The summed E-state index contributed by atoms with van der Waals surface area (Å²) < 4.78 is 0.215. The minimum Gasteiger partial charge on any atom is -0.352 e. The molecule has 17 heavy (non-hydrogen) atoms. The van der Waals surface area contributed by atoms with Crippen molar-refractivity contribution >= 4 is 34.8 Å². The molecule has 0 atom stereocenters. The summed E-state index contributed by atoms with van der Waals surface area (Å²) in [5.74, 6) is -0.484. The predicted molar refractivity (Wildman–Crippen MR) is 63.0 cm³/mol. The lowest BCUT2D eigenvalue weighted by atomic mass is 9.99. The summed E-state index contributed by atoms with van der Waals surface area (Å²) in [5, 5.41) is 10.2. The zero-order valence-electron chi connectivity index (χ0n) is 9.36. The van der Waals surface area contributed by atoms with Gasteiger partial charge in [0.1, 0.15) is 5.54 Å². The largest absolute Gasteiger partial charge is 0.352 e. The van der Waals surface area contributed by atoms with E-state index < -0.39 is 5.54 Å². The molecule has 1 aromatic rings. The molecule has 0 radical (unpaired) electrons. The van der Waals surface area contributed by atoms with Crippen LogP contribution in [0.25, 0.3) is 0 Å². The van der Waals surface area contributed by atoms with Gasteiger partial charge < -0.3 is 10.2 Å². The Morgan fingerprint density at radius 1 is 1.53 bits per heavy atom. The van der Waals surface area contributed by atoms with Crippen LogP contribution >= 0.6 is 22.9 Å². The number of nitrogens with one attached hydrogen (secondary N) is 1. The third-order valence-electron chi connectivity index (χ3n) is 2.68. The first-order valence-electron chi connectivity index (χ1n) is 5.02. The monoisotopic (exact) mass is 274 g/mol. The van der Waals surface area contributed by atoms with Gasteiger partial charge in [0.15, 0.2) is 0 Å². The molecule has 0 spiro atoms. The fourth-order valence-electron chi connectivity index (χ4n) is 1.66. The average Bonchev–Trinajstić information content (AvgIpc) is 2.68. The van der Waals surface area contributed by atoms with Crippen LogP contribution in [0, 0.1) is 0 Å². The molecule has 1 N–H and O–H groups in total. The van der Waals surface area contributed by atoms with E-state index in [1.54, 1.807) is 13.8 Å². The van der Waals surface area contributed by atoms with Gasteiger partial charge in [-0.15, -0.1) is 10.2 Å². The summed E-state index contributed by atoms with van der Waals surface area (Å²) >= 11 is 6.65. The molecule has 1 aromatic heterocycles. The standard InChI is InChI=1S/C9H11ClN4O2S/c1-9(2)7(16)11-3-4-14(9)6(15)5-12-13-8(10)17-5/h3-4H2,1-2H3,(H,11,16). The average molecular weight is 275 g/mol. The zero-order chi connectivity index (χ0) is 12.6. The van der Waals surface area contributed by atoms with Gasteiger partial charge in [-0.2, -0.15) is 0 Å². The Hall–Kier alpha value is -1.21. The smallest absolute Gasteiger partial charge is 0.285 e. The lowest BCUT2D eigenvalue weighted by Gasteiger charge is -2.40. The minimum atomic E-state index is -0.881. The van der Waals surface area contributed by atoms with Gasteiger partial charge in [-0.3, -0.25) is 9.59 Å². The van der Waals surface area contributed by atoms with Crippen molar-refractivity contribution in [3.8, 4) is 0 Å². The fraction of sp³-hybridized carbons (Fsp3) is 0.556. The lowest BCUT2D eigenvalue weighted by Crippen LogP contribution is -2.63. The van der Waals surface area contributed by atoms with Crippen molar-refractivity contribution in [2.24, 2.45) is 0 Å². The van der Waals surface area contributed by atoms with Gasteiger partial charge in [0, 0.05) is 13.1 Å². The van der Waals surface area contributed by atoms with Gasteiger partial charge in [-0.25, -0.2) is 0 Å². The number of amides is 2. The molecule has 1 saturated heterocycles. The van der Waals surface area contributed by atoms with Gasteiger partial charge in [0.05, 0.1) is 0 Å². The van der Waals surface area contributed by atoms with E-state index in [1.165, 1.54) is 4.90 Å². The zero-order valence-corrected chi connectivity index (χ0v) is 10.9. The number of rotatable bonds is 1. The first-order valence-corrected chi connectivity index (χ1v) is 6.21. The molecule has 6 nitrogen and oxygen atoms in total. The number of aromatic nitrogens is 2. The van der Waals surface area contributed by atoms with Crippen LogP contribution in [0.4, 0.5) is 0 Å². The van der Waals surface area contributed by atoms with E-state index in [1.807, 2.05) is 0 Å². The molecule has 0 unspecified atom stereocenters. The van der Waals surface area contributed by atoms with Gasteiger partial charge in [0.25, 0.3) is 5.91 Å². The maximum atomic E-state index is 12.2. The molecule has 2 heterocycles. The first-order chi connectivity index (χ1) is 7.93. The van der Waals surface area contributed by atoms with E-state index >= 15 is 0 Å². The molecule has 0 bridgehead atoms. The Bertz CT molecular complexity index is 473. The highest BCUT2D eigenvalue weighted by Crippen LogP contribution is 2.23. The molecule has 1 aliphatic heterocycles. The molecule has 1 fully saturated rings. The number of carbonyl (C=O) groups excluding carboxylic acids is 2. The molecular weight excluding hydrogens is 264 g/mol. The van der Waals surface area contributed by atoms with Crippen LogP contribution in [0.2, 0.25) is 4.47 Å². The summed E-state index contributed by atoms with van der Waals surface area (Å²) in [6.45, 7) is 4.29. The number of hydrogen-bond acceptors (Lipinski definition) is 5. The van der Waals surface area contributed by atoms with E-state index in [9.17, 15) is 9.59 Å². The van der Waals surface area contributed by atoms with Gasteiger partial charge >= 0.3 is 0 Å². The van der Waals surface area contributed by atoms with E-state index in [-0.39, 0.29) is 21.3 Å². The molecule has 1 aliphatic rings. The molecule has 2 rings (SSSR count). The Morgan fingerprint density at radius 3 is 2.82 bits per heavy atom. The van der Waals surface area contributed by atoms with Crippen LogP contribution in [-0.4, -0.2) is 45.5 Å². The predicted octanol–water partition coefficient (Wildman–Crippen LogP) is 0.542. The highest BCUT2D eigenvalue weighted by Gasteiger charge is 2.41. The maximum absolute atomic E-state index is 12.2. The highest BCUT2D eigenvalue weighted by molar-refractivity contribution is 7.17. The van der Waals surface area contributed by atoms with E-state index in [2.05, 4.69) is 15.5 Å². The number of hydrogen-bond donors (Lipinski definition) is 1. The van der Waals surface area contributed by atoms with Gasteiger partial charge in [-0.05, 0) is 25.4 Å². The van der Waals surface area contributed by atoms with E-state index in [0.717, 1.165) is 11.3 Å². The van der Waals surface area contributed by atoms with Crippen molar-refractivity contribution in [1.29, 1.82) is 0 Å². The third kappa shape index (κ3) is 2.12. The summed E-state index contributed by atoms with van der Waals surface area (Å²) in [5.41, 5.74) is -0.881. The third-order valence-corrected chi connectivity index (χ3v) is 3.69. The lowest BCUT2D eigenvalue weighted by molar-refractivity contribution is -0.133. The van der Waals surface area contributed by atoms with Crippen LogP contribution in [0.5, 0.6) is 0 Å². The molecule has 0 aromatic carbocycles. The molecule has 92 valence electrons. The topological polar surface area (TPSA) is 75.2 Å². The van der Waals surface area contributed by atoms with Crippen molar-refractivity contribution in [2.75, 3.05) is 13.1 Å². The molecular formula is C9H11ClN4O2S. The summed E-state index contributed by atoms with van der Waals surface area (Å²) in [6, 6.07) is 0. The van der Waals surface area contributed by atoms with E-state index in [0.29, 0.717) is 13.1 Å².